The third kappa shape index (κ3) is 4.70. The Kier molecular flexibility index (Phi) is 6.03. The molecule has 112 valence electrons. The summed E-state index contributed by atoms with van der Waals surface area (Å²) in [5, 5.41) is 4.97. The van der Waals surface area contributed by atoms with E-state index in [1.165, 1.54) is 11.8 Å². The van der Waals surface area contributed by atoms with Crippen LogP contribution in [0.25, 0.3) is 0 Å². The molecule has 1 unspecified atom stereocenters. The highest BCUT2D eigenvalue weighted by molar-refractivity contribution is 7.99. The van der Waals surface area contributed by atoms with E-state index < -0.39 is 0 Å². The second-order valence-electron chi connectivity index (χ2n) is 5.00. The number of aryl methyl sites for hydroxylation is 1. The van der Waals surface area contributed by atoms with Crippen LogP contribution in [0.1, 0.15) is 37.4 Å². The molecule has 0 saturated heterocycles. The van der Waals surface area contributed by atoms with Gasteiger partial charge in [0.05, 0.1) is 0 Å². The molecule has 0 fully saturated rings. The number of hydrogen-bond donors (Lipinski definition) is 1. The third-order valence-corrected chi connectivity index (χ3v) is 4.32. The Morgan fingerprint density at radius 1 is 1.29 bits per heavy atom. The quantitative estimate of drug-likeness (QED) is 0.786. The van der Waals surface area contributed by atoms with Gasteiger partial charge in [-0.3, -0.25) is 0 Å². The van der Waals surface area contributed by atoms with Gasteiger partial charge in [0.2, 0.25) is 0 Å². The van der Waals surface area contributed by atoms with Crippen LogP contribution in [0.5, 0.6) is 0 Å². The van der Waals surface area contributed by atoms with E-state index >= 15 is 0 Å². The van der Waals surface area contributed by atoms with Gasteiger partial charge in [0, 0.05) is 28.4 Å². The van der Waals surface area contributed by atoms with Gasteiger partial charge >= 0.3 is 0 Å². The van der Waals surface area contributed by atoms with E-state index in [1.54, 1.807) is 0 Å². The lowest BCUT2D eigenvalue weighted by Crippen LogP contribution is -2.19. The second-order valence-corrected chi connectivity index (χ2v) is 6.45. The molecule has 0 saturated carbocycles. The summed E-state index contributed by atoms with van der Waals surface area (Å²) in [6.45, 7) is 7.26. The lowest BCUT2D eigenvalue weighted by Gasteiger charge is -2.15. The van der Waals surface area contributed by atoms with Crippen molar-refractivity contribution >= 4 is 23.4 Å². The molecule has 1 aromatic carbocycles. The van der Waals surface area contributed by atoms with E-state index in [-0.39, 0.29) is 6.04 Å². The van der Waals surface area contributed by atoms with Crippen LogP contribution < -0.4 is 5.32 Å². The van der Waals surface area contributed by atoms with Crippen LogP contribution in [0.3, 0.4) is 0 Å². The highest BCUT2D eigenvalue weighted by Gasteiger charge is 2.10. The van der Waals surface area contributed by atoms with E-state index in [0.717, 1.165) is 39.2 Å². The lowest BCUT2D eigenvalue weighted by atomic mass is 10.1. The van der Waals surface area contributed by atoms with Crippen molar-refractivity contribution in [3.8, 4) is 0 Å². The van der Waals surface area contributed by atoms with Crippen LogP contribution in [-0.4, -0.2) is 16.5 Å². The standard InChI is InChI=1S/C16H20ClN3S/c1-4-7-18-12(3)14-6-5-13(8-15(14)17)21-16-19-9-11(2)10-20-16/h5-6,8-10,12,18H,4,7H2,1-3H3. The molecule has 0 amide bonds. The lowest BCUT2D eigenvalue weighted by molar-refractivity contribution is 0.570. The third-order valence-electron chi connectivity index (χ3n) is 3.11. The zero-order valence-electron chi connectivity index (χ0n) is 12.6. The van der Waals surface area contributed by atoms with Crippen LogP contribution in [0.2, 0.25) is 5.02 Å². The van der Waals surface area contributed by atoms with Crippen molar-refractivity contribution in [3.05, 3.63) is 46.7 Å². The number of nitrogens with zero attached hydrogens (tertiary/aromatic N) is 2. The Bertz CT molecular complexity index is 587. The predicted octanol–water partition coefficient (Wildman–Crippen LogP) is 4.65. The molecule has 0 spiro atoms. The smallest absolute Gasteiger partial charge is 0.192 e. The molecule has 2 aromatic rings. The summed E-state index contributed by atoms with van der Waals surface area (Å²) in [4.78, 5) is 9.65. The highest BCUT2D eigenvalue weighted by atomic mass is 35.5. The fraction of sp³-hybridized carbons (Fsp3) is 0.375. The molecule has 3 nitrogen and oxygen atoms in total. The first-order chi connectivity index (χ1) is 10.1. The fourth-order valence-electron chi connectivity index (χ4n) is 1.93. The van der Waals surface area contributed by atoms with Crippen molar-refractivity contribution in [1.29, 1.82) is 0 Å². The largest absolute Gasteiger partial charge is 0.310 e. The molecule has 0 aliphatic carbocycles. The maximum atomic E-state index is 6.40. The number of hydrogen-bond acceptors (Lipinski definition) is 4. The minimum Gasteiger partial charge on any atom is -0.310 e. The van der Waals surface area contributed by atoms with Gasteiger partial charge in [0.1, 0.15) is 0 Å². The zero-order chi connectivity index (χ0) is 15.2. The van der Waals surface area contributed by atoms with Crippen LogP contribution in [0.15, 0.2) is 40.6 Å². The second kappa shape index (κ2) is 7.78. The molecule has 5 heteroatoms. The van der Waals surface area contributed by atoms with Gasteiger partial charge in [-0.1, -0.05) is 24.6 Å². The number of halogens is 1. The Labute approximate surface area is 135 Å². The first-order valence-corrected chi connectivity index (χ1v) is 8.29. The maximum Gasteiger partial charge on any atom is 0.192 e. The molecule has 0 bridgehead atoms. The summed E-state index contributed by atoms with van der Waals surface area (Å²) in [6, 6.07) is 6.38. The van der Waals surface area contributed by atoms with E-state index in [9.17, 15) is 0 Å². The molecule has 0 aliphatic heterocycles. The van der Waals surface area contributed by atoms with Gasteiger partial charge in [0.15, 0.2) is 5.16 Å². The molecule has 1 aromatic heterocycles. The molecule has 0 radical (unpaired) electrons. The Hall–Kier alpha value is -1.10. The number of aromatic nitrogens is 2. The SMILES string of the molecule is CCCNC(C)c1ccc(Sc2ncc(C)cn2)cc1Cl. The molecule has 2 rings (SSSR count). The molecule has 21 heavy (non-hydrogen) atoms. The van der Waals surface area contributed by atoms with Gasteiger partial charge in [-0.05, 0) is 61.8 Å². The van der Waals surface area contributed by atoms with Crippen LogP contribution in [-0.2, 0) is 0 Å². The van der Waals surface area contributed by atoms with Crippen molar-refractivity contribution in [2.75, 3.05) is 6.54 Å². The van der Waals surface area contributed by atoms with Crippen molar-refractivity contribution in [2.45, 2.75) is 43.3 Å². The Balaban J connectivity index is 2.09. The molecule has 1 atom stereocenters. The summed E-state index contributed by atoms with van der Waals surface area (Å²) < 4.78 is 0. The minimum atomic E-state index is 0.257. The number of nitrogens with one attached hydrogen (secondary N) is 1. The van der Waals surface area contributed by atoms with Crippen molar-refractivity contribution in [1.82, 2.24) is 15.3 Å². The van der Waals surface area contributed by atoms with E-state index in [2.05, 4.69) is 41.3 Å². The summed E-state index contributed by atoms with van der Waals surface area (Å²) in [7, 11) is 0. The van der Waals surface area contributed by atoms with E-state index in [1.807, 2.05) is 25.4 Å². The van der Waals surface area contributed by atoms with Gasteiger partial charge < -0.3 is 5.32 Å². The predicted molar refractivity (Wildman–Crippen MR) is 89.1 cm³/mol. The van der Waals surface area contributed by atoms with Crippen LogP contribution in [0, 0.1) is 6.92 Å². The van der Waals surface area contributed by atoms with Gasteiger partial charge in [-0.25, -0.2) is 9.97 Å². The molecule has 1 N–H and O–H groups in total. The summed E-state index contributed by atoms with van der Waals surface area (Å²) >= 11 is 7.92. The number of rotatable bonds is 6. The molecule has 0 aliphatic rings. The average Bonchev–Trinajstić information content (AvgIpc) is 2.47. The fourth-order valence-corrected chi connectivity index (χ4v) is 3.08. The Morgan fingerprint density at radius 3 is 2.62 bits per heavy atom. The normalized spacial score (nSPS) is 12.4. The topological polar surface area (TPSA) is 37.8 Å². The Morgan fingerprint density at radius 2 is 2.00 bits per heavy atom. The average molecular weight is 322 g/mol. The van der Waals surface area contributed by atoms with E-state index in [4.69, 9.17) is 11.6 Å². The molecular weight excluding hydrogens is 302 g/mol. The van der Waals surface area contributed by atoms with Crippen LogP contribution >= 0.6 is 23.4 Å². The van der Waals surface area contributed by atoms with Crippen molar-refractivity contribution < 1.29 is 0 Å². The van der Waals surface area contributed by atoms with Gasteiger partial charge in [0.25, 0.3) is 0 Å². The first-order valence-electron chi connectivity index (χ1n) is 7.09. The zero-order valence-corrected chi connectivity index (χ0v) is 14.1. The van der Waals surface area contributed by atoms with Gasteiger partial charge in [-0.15, -0.1) is 0 Å². The first kappa shape index (κ1) is 16.3. The molecule has 1 heterocycles. The van der Waals surface area contributed by atoms with Crippen molar-refractivity contribution in [2.24, 2.45) is 0 Å². The summed E-state index contributed by atoms with van der Waals surface area (Å²) in [6.07, 6.45) is 4.75. The van der Waals surface area contributed by atoms with Gasteiger partial charge in [-0.2, -0.15) is 0 Å². The highest BCUT2D eigenvalue weighted by Crippen LogP contribution is 2.31. The molecular formula is C16H20ClN3S. The minimum absolute atomic E-state index is 0.257. The van der Waals surface area contributed by atoms with E-state index in [0.29, 0.717) is 0 Å². The number of benzene rings is 1. The van der Waals surface area contributed by atoms with Crippen LogP contribution in [0.4, 0.5) is 0 Å². The monoisotopic (exact) mass is 321 g/mol. The van der Waals surface area contributed by atoms with Crippen molar-refractivity contribution in [3.63, 3.8) is 0 Å². The summed E-state index contributed by atoms with van der Waals surface area (Å²) in [5.41, 5.74) is 2.18. The maximum absolute atomic E-state index is 6.40. The summed E-state index contributed by atoms with van der Waals surface area (Å²) in [5.74, 6) is 0.